The molecule has 0 spiro atoms. The molecule has 6 heteroatoms. The first-order chi connectivity index (χ1) is 8.12. The van der Waals surface area contributed by atoms with E-state index in [1.54, 1.807) is 0 Å². The lowest BCUT2D eigenvalue weighted by Crippen LogP contribution is -2.51. The van der Waals surface area contributed by atoms with Crippen LogP contribution in [0.15, 0.2) is 0 Å². The van der Waals surface area contributed by atoms with Gasteiger partial charge in [0.05, 0.1) is 5.67 Å². The predicted molar refractivity (Wildman–Crippen MR) is 69.5 cm³/mol. The molecule has 0 heterocycles. The van der Waals surface area contributed by atoms with Gasteiger partial charge in [0.2, 0.25) is 0 Å². The van der Waals surface area contributed by atoms with Gasteiger partial charge in [-0.3, -0.25) is 0 Å². The maximum absolute atomic E-state index is 11.2. The van der Waals surface area contributed by atoms with E-state index in [4.69, 9.17) is 8.85 Å². The Bertz CT molecular complexity index is 210. The largest absolute Gasteiger partial charge is 0.465 e. The molecule has 17 heavy (non-hydrogen) atoms. The summed E-state index contributed by atoms with van der Waals surface area (Å²) in [7, 11) is -1.95. The van der Waals surface area contributed by atoms with Crippen molar-refractivity contribution in [1.29, 1.82) is 0 Å². The van der Waals surface area contributed by atoms with Gasteiger partial charge < -0.3 is 18.9 Å². The van der Waals surface area contributed by atoms with Crippen molar-refractivity contribution in [2.75, 3.05) is 19.8 Å². The summed E-state index contributed by atoms with van der Waals surface area (Å²) >= 11 is 0. The molecule has 0 aromatic rings. The predicted octanol–water partition coefficient (Wildman–Crippen LogP) is 1.99. The molecule has 0 aliphatic heterocycles. The molecule has 5 nitrogen and oxygen atoms in total. The molecule has 0 aromatic carbocycles. The smallest absolute Gasteiger partial charge is 0.407 e. The van der Waals surface area contributed by atoms with Crippen molar-refractivity contribution in [3.63, 3.8) is 0 Å². The quantitative estimate of drug-likeness (QED) is 0.646. The fourth-order valence-electron chi connectivity index (χ4n) is 1.85. The van der Waals surface area contributed by atoms with Gasteiger partial charge >= 0.3 is 15.4 Å². The highest BCUT2D eigenvalue weighted by Crippen LogP contribution is 2.13. The van der Waals surface area contributed by atoms with Crippen molar-refractivity contribution < 1.29 is 18.8 Å². The Morgan fingerprint density at radius 1 is 1.24 bits per heavy atom. The van der Waals surface area contributed by atoms with Crippen LogP contribution < -0.4 is 0 Å². The molecule has 0 saturated heterocycles. The van der Waals surface area contributed by atoms with Crippen LogP contribution in [-0.2, 0) is 8.85 Å². The molecule has 0 aromatic heterocycles. The Labute approximate surface area is 106 Å². The molecule has 1 unspecified atom stereocenters. The topological polar surface area (TPSA) is 59.0 Å². The molecular formula is C11H25NO4Si. The van der Waals surface area contributed by atoms with Crippen LogP contribution in [0.4, 0.5) is 4.79 Å². The lowest BCUT2D eigenvalue weighted by molar-refractivity contribution is 0.118. The van der Waals surface area contributed by atoms with Crippen LogP contribution in [0.5, 0.6) is 0 Å². The van der Waals surface area contributed by atoms with Crippen molar-refractivity contribution in [1.82, 2.24) is 4.90 Å². The van der Waals surface area contributed by atoms with E-state index in [0.717, 1.165) is 12.8 Å². The van der Waals surface area contributed by atoms with Crippen LogP contribution in [0, 0.1) is 0 Å². The molecule has 0 radical (unpaired) electrons. The number of carboxylic acid groups (broad SMARTS) is 1. The molecule has 0 rings (SSSR count). The summed E-state index contributed by atoms with van der Waals surface area (Å²) in [6, 6.07) is 0. The van der Waals surface area contributed by atoms with Crippen molar-refractivity contribution >= 4 is 15.4 Å². The maximum atomic E-state index is 11.2. The monoisotopic (exact) mass is 263 g/mol. The minimum Gasteiger partial charge on any atom is -0.465 e. The van der Waals surface area contributed by atoms with E-state index in [1.165, 1.54) is 4.90 Å². The van der Waals surface area contributed by atoms with Crippen LogP contribution in [0.3, 0.4) is 0 Å². The third-order valence-electron chi connectivity index (χ3n) is 2.55. The molecule has 0 fully saturated rings. The van der Waals surface area contributed by atoms with Crippen molar-refractivity contribution in [2.24, 2.45) is 0 Å². The molecular weight excluding hydrogens is 238 g/mol. The number of hydrogen-bond acceptors (Lipinski definition) is 3. The molecule has 102 valence electrons. The third kappa shape index (κ3) is 5.52. The summed E-state index contributed by atoms with van der Waals surface area (Å²) in [6.45, 7) is 9.36. The Kier molecular flexibility index (Phi) is 9.11. The van der Waals surface area contributed by atoms with Crippen LogP contribution in [0.1, 0.15) is 40.5 Å². The van der Waals surface area contributed by atoms with Crippen LogP contribution in [0.2, 0.25) is 0 Å². The highest BCUT2D eigenvalue weighted by molar-refractivity contribution is 6.46. The fourth-order valence-corrected chi connectivity index (χ4v) is 4.28. The van der Waals surface area contributed by atoms with E-state index in [1.807, 2.05) is 27.7 Å². The molecule has 0 saturated carbocycles. The normalized spacial score (nSPS) is 12.8. The fraction of sp³-hybridized carbons (Fsp3) is 0.909. The van der Waals surface area contributed by atoms with E-state index in [9.17, 15) is 9.90 Å². The number of nitrogens with zero attached hydrogens (tertiary/aromatic N) is 1. The Morgan fingerprint density at radius 2 is 1.76 bits per heavy atom. The highest BCUT2D eigenvalue weighted by Gasteiger charge is 2.32. The SMILES string of the molecule is CCCC(N(CC)C(=O)O)[SiH](OCC)OCC. The lowest BCUT2D eigenvalue weighted by atomic mass is 10.3. The zero-order valence-corrected chi connectivity index (χ0v) is 12.5. The van der Waals surface area contributed by atoms with E-state index >= 15 is 0 Å². The van der Waals surface area contributed by atoms with Crippen LogP contribution in [0.25, 0.3) is 0 Å². The summed E-state index contributed by atoms with van der Waals surface area (Å²) in [5, 5.41) is 9.19. The summed E-state index contributed by atoms with van der Waals surface area (Å²) < 4.78 is 11.3. The molecule has 0 aliphatic carbocycles. The Morgan fingerprint density at radius 3 is 2.06 bits per heavy atom. The van der Waals surface area contributed by atoms with Gasteiger partial charge in [0.15, 0.2) is 0 Å². The number of amides is 1. The van der Waals surface area contributed by atoms with Crippen molar-refractivity contribution in [3.05, 3.63) is 0 Å². The molecule has 1 N–H and O–H groups in total. The van der Waals surface area contributed by atoms with Gasteiger partial charge in [-0.2, -0.15) is 0 Å². The first kappa shape index (κ1) is 16.4. The second-order valence-corrected chi connectivity index (χ2v) is 5.88. The van der Waals surface area contributed by atoms with E-state index in [2.05, 4.69) is 0 Å². The average Bonchev–Trinajstić information content (AvgIpc) is 2.28. The zero-order chi connectivity index (χ0) is 13.3. The second kappa shape index (κ2) is 9.44. The van der Waals surface area contributed by atoms with Gasteiger partial charge in [-0.1, -0.05) is 13.3 Å². The van der Waals surface area contributed by atoms with Gasteiger partial charge in [-0.15, -0.1) is 0 Å². The summed E-state index contributed by atoms with van der Waals surface area (Å²) in [5.74, 6) is 0. The standard InChI is InChI=1S/C11H25NO4Si/c1-5-9-10(12(6-2)11(13)14)17(15-7-3)16-8-4/h10,17H,5-9H2,1-4H3,(H,13,14). The lowest BCUT2D eigenvalue weighted by Gasteiger charge is -2.32. The van der Waals surface area contributed by atoms with Gasteiger partial charge in [-0.05, 0) is 27.2 Å². The van der Waals surface area contributed by atoms with Gasteiger partial charge in [0.1, 0.15) is 0 Å². The summed E-state index contributed by atoms with van der Waals surface area (Å²) in [5.41, 5.74) is -0.0950. The minimum absolute atomic E-state index is 0.0950. The zero-order valence-electron chi connectivity index (χ0n) is 11.3. The van der Waals surface area contributed by atoms with E-state index < -0.39 is 15.4 Å². The van der Waals surface area contributed by atoms with E-state index in [0.29, 0.717) is 19.8 Å². The molecule has 1 amide bonds. The summed E-state index contributed by atoms with van der Waals surface area (Å²) in [4.78, 5) is 12.6. The van der Waals surface area contributed by atoms with Crippen molar-refractivity contribution in [3.8, 4) is 0 Å². The van der Waals surface area contributed by atoms with Crippen LogP contribution >= 0.6 is 0 Å². The second-order valence-electron chi connectivity index (χ2n) is 3.70. The molecule has 0 aliphatic rings. The van der Waals surface area contributed by atoms with E-state index in [-0.39, 0.29) is 5.67 Å². The molecule has 0 bridgehead atoms. The highest BCUT2D eigenvalue weighted by atomic mass is 28.3. The maximum Gasteiger partial charge on any atom is 0.407 e. The third-order valence-corrected chi connectivity index (χ3v) is 5.19. The van der Waals surface area contributed by atoms with Crippen molar-refractivity contribution in [2.45, 2.75) is 46.2 Å². The van der Waals surface area contributed by atoms with Gasteiger partial charge in [0, 0.05) is 19.8 Å². The first-order valence-electron chi connectivity index (χ1n) is 6.34. The van der Waals surface area contributed by atoms with Crippen LogP contribution in [-0.4, -0.2) is 50.8 Å². The van der Waals surface area contributed by atoms with Gasteiger partial charge in [-0.25, -0.2) is 4.79 Å². The molecule has 1 atom stereocenters. The number of hydrogen-bond donors (Lipinski definition) is 1. The van der Waals surface area contributed by atoms with Gasteiger partial charge in [0.25, 0.3) is 0 Å². The Balaban J connectivity index is 4.79. The summed E-state index contributed by atoms with van der Waals surface area (Å²) in [6.07, 6.45) is 0.845. The number of carbonyl (C=O) groups is 1. The minimum atomic E-state index is -1.95. The average molecular weight is 263 g/mol. The first-order valence-corrected chi connectivity index (χ1v) is 7.95. The Hall–Kier alpha value is -0.593. The number of rotatable bonds is 9.